The second-order valence-corrected chi connectivity index (χ2v) is 6.93. The van der Waals surface area contributed by atoms with Crippen molar-refractivity contribution in [3.05, 3.63) is 24.3 Å². The Labute approximate surface area is 117 Å². The van der Waals surface area contributed by atoms with E-state index in [0.29, 0.717) is 5.41 Å². The van der Waals surface area contributed by atoms with Gasteiger partial charge >= 0.3 is 0 Å². The average molecular weight is 273 g/mol. The zero-order chi connectivity index (χ0) is 12.7. The Morgan fingerprint density at radius 2 is 2.21 bits per heavy atom. The average Bonchev–Trinajstić information content (AvgIpc) is 3.05. The van der Waals surface area contributed by atoms with Gasteiger partial charge in [-0.2, -0.15) is 0 Å². The van der Waals surface area contributed by atoms with Crippen molar-refractivity contribution in [1.82, 2.24) is 10.3 Å². The van der Waals surface area contributed by atoms with Gasteiger partial charge in [-0.15, -0.1) is 0 Å². The molecule has 1 atom stereocenters. The molecule has 2 aliphatic heterocycles. The Bertz CT molecular complexity index is 553. The number of anilines is 1. The maximum Gasteiger partial charge on any atom is 0.186 e. The summed E-state index contributed by atoms with van der Waals surface area (Å²) in [6.07, 6.45) is 4.01. The Morgan fingerprint density at radius 1 is 1.26 bits per heavy atom. The van der Waals surface area contributed by atoms with Gasteiger partial charge in [-0.25, -0.2) is 4.98 Å². The predicted octanol–water partition coefficient (Wildman–Crippen LogP) is 2.88. The van der Waals surface area contributed by atoms with Crippen LogP contribution in [0, 0.1) is 5.41 Å². The molecule has 0 amide bonds. The van der Waals surface area contributed by atoms with Crippen molar-refractivity contribution in [2.45, 2.75) is 19.3 Å². The van der Waals surface area contributed by atoms with Gasteiger partial charge < -0.3 is 10.2 Å². The van der Waals surface area contributed by atoms with Crippen molar-refractivity contribution < 1.29 is 0 Å². The molecular formula is C15H19N3S. The van der Waals surface area contributed by atoms with E-state index in [0.717, 1.165) is 5.52 Å². The van der Waals surface area contributed by atoms with Gasteiger partial charge in [0.05, 0.1) is 10.2 Å². The summed E-state index contributed by atoms with van der Waals surface area (Å²) in [6.45, 7) is 4.73. The minimum absolute atomic E-state index is 0.510. The van der Waals surface area contributed by atoms with E-state index in [1.54, 1.807) is 0 Å². The molecule has 0 aliphatic carbocycles. The van der Waals surface area contributed by atoms with Crippen molar-refractivity contribution in [3.63, 3.8) is 0 Å². The number of benzene rings is 1. The third kappa shape index (κ3) is 2.03. The second kappa shape index (κ2) is 4.46. The number of thiazole rings is 1. The maximum atomic E-state index is 4.81. The Balaban J connectivity index is 1.64. The van der Waals surface area contributed by atoms with E-state index < -0.39 is 0 Å². The van der Waals surface area contributed by atoms with Crippen molar-refractivity contribution in [2.24, 2.45) is 5.41 Å². The van der Waals surface area contributed by atoms with Gasteiger partial charge in [0.2, 0.25) is 0 Å². The molecule has 1 unspecified atom stereocenters. The van der Waals surface area contributed by atoms with E-state index in [9.17, 15) is 0 Å². The first-order valence-corrected chi connectivity index (χ1v) is 7.98. The van der Waals surface area contributed by atoms with Crippen LogP contribution in [0.2, 0.25) is 0 Å². The van der Waals surface area contributed by atoms with Gasteiger partial charge in [-0.3, -0.25) is 0 Å². The number of para-hydroxylation sites is 1. The van der Waals surface area contributed by atoms with E-state index in [4.69, 9.17) is 4.98 Å². The Morgan fingerprint density at radius 3 is 3.05 bits per heavy atom. The molecule has 0 saturated carbocycles. The van der Waals surface area contributed by atoms with E-state index in [1.807, 2.05) is 11.3 Å². The lowest BCUT2D eigenvalue weighted by atomic mass is 9.79. The maximum absolute atomic E-state index is 4.81. The van der Waals surface area contributed by atoms with Crippen molar-refractivity contribution in [3.8, 4) is 0 Å². The smallest absolute Gasteiger partial charge is 0.186 e. The van der Waals surface area contributed by atoms with Crippen LogP contribution in [-0.4, -0.2) is 31.2 Å². The molecule has 0 radical (unpaired) electrons. The molecule has 3 nitrogen and oxygen atoms in total. The number of nitrogens with one attached hydrogen (secondary N) is 1. The summed E-state index contributed by atoms with van der Waals surface area (Å²) in [5.41, 5.74) is 1.66. The van der Waals surface area contributed by atoms with Crippen LogP contribution in [0.4, 0.5) is 5.13 Å². The highest BCUT2D eigenvalue weighted by atomic mass is 32.1. The van der Waals surface area contributed by atoms with Crippen molar-refractivity contribution >= 4 is 26.7 Å². The number of nitrogens with zero attached hydrogens (tertiary/aromatic N) is 2. The van der Waals surface area contributed by atoms with Gasteiger partial charge in [0.15, 0.2) is 5.13 Å². The number of piperidine rings is 1. The summed E-state index contributed by atoms with van der Waals surface area (Å²) in [5.74, 6) is 0. The quantitative estimate of drug-likeness (QED) is 0.866. The molecule has 100 valence electrons. The molecule has 19 heavy (non-hydrogen) atoms. The first-order chi connectivity index (χ1) is 9.35. The van der Waals surface area contributed by atoms with Gasteiger partial charge in [0.1, 0.15) is 0 Å². The topological polar surface area (TPSA) is 28.2 Å². The molecule has 3 heterocycles. The molecule has 2 fully saturated rings. The van der Waals surface area contributed by atoms with Crippen LogP contribution in [0.5, 0.6) is 0 Å². The van der Waals surface area contributed by atoms with Crippen LogP contribution in [0.3, 0.4) is 0 Å². The van der Waals surface area contributed by atoms with Crippen LogP contribution in [0.1, 0.15) is 19.3 Å². The SMILES string of the molecule is c1ccc2sc(N3CCCC4(CCNC4)C3)nc2c1. The molecule has 2 aromatic rings. The zero-order valence-corrected chi connectivity index (χ0v) is 11.9. The van der Waals surface area contributed by atoms with E-state index in [2.05, 4.69) is 34.5 Å². The molecule has 4 heteroatoms. The molecule has 4 rings (SSSR count). The largest absolute Gasteiger partial charge is 0.347 e. The number of hydrogen-bond donors (Lipinski definition) is 1. The lowest BCUT2D eigenvalue weighted by Crippen LogP contribution is -2.44. The first kappa shape index (κ1) is 11.7. The zero-order valence-electron chi connectivity index (χ0n) is 11.1. The third-order valence-corrected chi connectivity index (χ3v) is 5.64. The standard InChI is InChI=1S/C15H19N3S/c1-2-5-13-12(4-1)17-14(19-13)18-9-3-6-15(11-18)7-8-16-10-15/h1-2,4-5,16H,3,6-11H2. The summed E-state index contributed by atoms with van der Waals surface area (Å²) in [6, 6.07) is 8.47. The highest BCUT2D eigenvalue weighted by Gasteiger charge is 2.38. The van der Waals surface area contributed by atoms with Crippen LogP contribution in [0.25, 0.3) is 10.2 Å². The molecule has 0 bridgehead atoms. The van der Waals surface area contributed by atoms with Gasteiger partial charge in [-0.05, 0) is 37.9 Å². The van der Waals surface area contributed by atoms with Crippen LogP contribution >= 0.6 is 11.3 Å². The molecule has 1 aromatic carbocycles. The summed E-state index contributed by atoms with van der Waals surface area (Å²) in [7, 11) is 0. The van der Waals surface area contributed by atoms with Gasteiger partial charge in [-0.1, -0.05) is 23.5 Å². The van der Waals surface area contributed by atoms with Crippen LogP contribution < -0.4 is 10.2 Å². The summed E-state index contributed by atoms with van der Waals surface area (Å²) in [4.78, 5) is 7.33. The number of fused-ring (bicyclic) bond motifs is 1. The van der Waals surface area contributed by atoms with Crippen molar-refractivity contribution in [2.75, 3.05) is 31.1 Å². The molecule has 1 aromatic heterocycles. The second-order valence-electron chi connectivity index (χ2n) is 5.92. The lowest BCUT2D eigenvalue weighted by molar-refractivity contribution is 0.261. The normalized spacial score (nSPS) is 27.5. The van der Waals surface area contributed by atoms with E-state index in [1.165, 1.54) is 55.3 Å². The molecule has 2 aliphatic rings. The van der Waals surface area contributed by atoms with E-state index >= 15 is 0 Å². The minimum Gasteiger partial charge on any atom is -0.347 e. The Kier molecular flexibility index (Phi) is 2.74. The fourth-order valence-corrected chi connectivity index (χ4v) is 4.50. The number of hydrogen-bond acceptors (Lipinski definition) is 4. The van der Waals surface area contributed by atoms with Crippen molar-refractivity contribution in [1.29, 1.82) is 0 Å². The highest BCUT2D eigenvalue weighted by Crippen LogP contribution is 2.39. The lowest BCUT2D eigenvalue weighted by Gasteiger charge is -2.39. The minimum atomic E-state index is 0.510. The number of rotatable bonds is 1. The fraction of sp³-hybridized carbons (Fsp3) is 0.533. The highest BCUT2D eigenvalue weighted by molar-refractivity contribution is 7.22. The van der Waals surface area contributed by atoms with E-state index in [-0.39, 0.29) is 0 Å². The summed E-state index contributed by atoms with van der Waals surface area (Å²) in [5, 5.41) is 4.75. The first-order valence-electron chi connectivity index (χ1n) is 7.16. The van der Waals surface area contributed by atoms with Crippen LogP contribution in [0.15, 0.2) is 24.3 Å². The summed E-state index contributed by atoms with van der Waals surface area (Å²) >= 11 is 1.84. The fourth-order valence-electron chi connectivity index (χ4n) is 3.51. The molecular weight excluding hydrogens is 254 g/mol. The third-order valence-electron chi connectivity index (χ3n) is 4.55. The monoisotopic (exact) mass is 273 g/mol. The molecule has 1 N–H and O–H groups in total. The Hall–Kier alpha value is -1.13. The molecule has 2 saturated heterocycles. The molecule has 1 spiro atoms. The predicted molar refractivity (Wildman–Crippen MR) is 81.0 cm³/mol. The summed E-state index contributed by atoms with van der Waals surface area (Å²) < 4.78 is 1.31. The van der Waals surface area contributed by atoms with Gasteiger partial charge in [0.25, 0.3) is 0 Å². The van der Waals surface area contributed by atoms with Crippen LogP contribution in [-0.2, 0) is 0 Å². The van der Waals surface area contributed by atoms with Gasteiger partial charge in [0, 0.05) is 25.0 Å². The number of aromatic nitrogens is 1.